The molecule has 4 heteroatoms. The number of nitrogens with one attached hydrogen (secondary N) is 2. The largest absolute Gasteiger partial charge is 0.314 e. The van der Waals surface area contributed by atoms with Crippen LogP contribution in [0.15, 0.2) is 0 Å². The zero-order valence-corrected chi connectivity index (χ0v) is 4.72. The minimum atomic E-state index is 0.701. The fraction of sp³-hybridized carbons (Fsp3) is 1.00. The van der Waals surface area contributed by atoms with Crippen molar-refractivity contribution in [2.75, 3.05) is 26.2 Å². The van der Waals surface area contributed by atoms with E-state index in [2.05, 4.69) is 10.9 Å². The molecule has 8 heavy (non-hydrogen) atoms. The molecule has 0 aromatic rings. The van der Waals surface area contributed by atoms with Crippen LogP contribution in [-0.4, -0.2) is 36.4 Å². The third-order valence-corrected chi connectivity index (χ3v) is 1.11. The third kappa shape index (κ3) is 1.75. The summed E-state index contributed by atoms with van der Waals surface area (Å²) in [6.07, 6.45) is 0. The molecular weight excluding hydrogens is 106 g/mol. The van der Waals surface area contributed by atoms with Crippen LogP contribution < -0.4 is 10.9 Å². The van der Waals surface area contributed by atoms with E-state index < -0.39 is 0 Å². The van der Waals surface area contributed by atoms with Crippen LogP contribution in [0.1, 0.15) is 0 Å². The molecule has 3 N–H and O–H groups in total. The Kier molecular flexibility index (Phi) is 2.23. The van der Waals surface area contributed by atoms with Gasteiger partial charge in [-0.15, -0.1) is 0 Å². The molecule has 0 bridgehead atoms. The fourth-order valence-corrected chi connectivity index (χ4v) is 0.658. The van der Waals surface area contributed by atoms with Crippen LogP contribution in [-0.2, 0) is 0 Å². The first kappa shape index (κ1) is 5.97. The molecule has 0 unspecified atom stereocenters. The Morgan fingerprint density at radius 2 is 1.62 bits per heavy atom. The second kappa shape index (κ2) is 2.99. The average Bonchev–Trinajstić information content (AvgIpc) is 1.94. The van der Waals surface area contributed by atoms with Gasteiger partial charge in [0.1, 0.15) is 0 Å². The Balaban J connectivity index is 2.17. The van der Waals surface area contributed by atoms with Gasteiger partial charge in [0, 0.05) is 26.2 Å². The fourth-order valence-electron chi connectivity index (χ4n) is 0.658. The van der Waals surface area contributed by atoms with Crippen LogP contribution in [0.5, 0.6) is 0 Å². The summed E-state index contributed by atoms with van der Waals surface area (Å²) in [5, 5.41) is 10.1. The topological polar surface area (TPSA) is 47.5 Å². The van der Waals surface area contributed by atoms with Crippen molar-refractivity contribution in [3.8, 4) is 0 Å². The predicted octanol–water partition coefficient (Wildman–Crippen LogP) is -1.21. The van der Waals surface area contributed by atoms with Gasteiger partial charge in [0.15, 0.2) is 0 Å². The van der Waals surface area contributed by atoms with Crippen LogP contribution >= 0.6 is 0 Å². The second-order valence-corrected chi connectivity index (χ2v) is 1.81. The van der Waals surface area contributed by atoms with Crippen molar-refractivity contribution in [3.63, 3.8) is 0 Å². The normalized spacial score (nSPS) is 25.1. The van der Waals surface area contributed by atoms with E-state index in [1.165, 1.54) is 5.06 Å². The van der Waals surface area contributed by atoms with Gasteiger partial charge >= 0.3 is 0 Å². The van der Waals surface area contributed by atoms with E-state index in [9.17, 15) is 0 Å². The molecule has 1 rings (SSSR count). The lowest BCUT2D eigenvalue weighted by Crippen LogP contribution is -2.32. The third-order valence-electron chi connectivity index (χ3n) is 1.11. The van der Waals surface area contributed by atoms with E-state index in [-0.39, 0.29) is 0 Å². The Bertz CT molecular complexity index is 60.3. The van der Waals surface area contributed by atoms with Gasteiger partial charge in [-0.3, -0.25) is 10.9 Å². The number of hydrogen-bond acceptors (Lipinski definition) is 4. The van der Waals surface area contributed by atoms with Gasteiger partial charge < -0.3 is 5.21 Å². The number of hydrogen-bond donors (Lipinski definition) is 3. The number of hydroxylamine groups is 2. The molecule has 4 nitrogen and oxygen atoms in total. The van der Waals surface area contributed by atoms with Gasteiger partial charge in [-0.1, -0.05) is 0 Å². The summed E-state index contributed by atoms with van der Waals surface area (Å²) in [5.74, 6) is 0. The van der Waals surface area contributed by atoms with E-state index in [1.54, 1.807) is 0 Å². The number of hydrazine groups is 1. The molecule has 48 valence electrons. The highest BCUT2D eigenvalue weighted by Gasteiger charge is 2.01. The Hall–Kier alpha value is -0.160. The lowest BCUT2D eigenvalue weighted by molar-refractivity contribution is -0.0823. The lowest BCUT2D eigenvalue weighted by atomic mass is 10.6. The highest BCUT2D eigenvalue weighted by Crippen LogP contribution is 1.79. The second-order valence-electron chi connectivity index (χ2n) is 1.81. The van der Waals surface area contributed by atoms with Gasteiger partial charge in [0.05, 0.1) is 0 Å². The highest BCUT2D eigenvalue weighted by molar-refractivity contribution is 4.54. The zero-order chi connectivity index (χ0) is 5.82. The van der Waals surface area contributed by atoms with Crippen molar-refractivity contribution < 1.29 is 5.21 Å². The first-order chi connectivity index (χ1) is 3.89. The summed E-state index contributed by atoms with van der Waals surface area (Å²) in [4.78, 5) is 0. The summed E-state index contributed by atoms with van der Waals surface area (Å²) < 4.78 is 0. The molecule has 1 saturated heterocycles. The molecule has 0 aromatic heterocycles. The maximum atomic E-state index is 8.84. The summed E-state index contributed by atoms with van der Waals surface area (Å²) >= 11 is 0. The Morgan fingerprint density at radius 3 is 2.12 bits per heavy atom. The van der Waals surface area contributed by atoms with Crippen molar-refractivity contribution in [1.29, 1.82) is 0 Å². The number of nitrogens with zero attached hydrogens (tertiary/aromatic N) is 1. The monoisotopic (exact) mass is 117 g/mol. The van der Waals surface area contributed by atoms with E-state index >= 15 is 0 Å². The van der Waals surface area contributed by atoms with Crippen LogP contribution in [0.2, 0.25) is 0 Å². The maximum Gasteiger partial charge on any atom is 0.0377 e. The predicted molar refractivity (Wildman–Crippen MR) is 29.4 cm³/mol. The maximum absolute atomic E-state index is 8.84. The van der Waals surface area contributed by atoms with Crippen molar-refractivity contribution in [2.24, 2.45) is 0 Å². The SMILES string of the molecule is ON1CCNNCC1. The van der Waals surface area contributed by atoms with Gasteiger partial charge in [-0.2, -0.15) is 5.06 Å². The molecule has 0 saturated carbocycles. The molecule has 1 aliphatic rings. The van der Waals surface area contributed by atoms with E-state index in [4.69, 9.17) is 5.21 Å². The van der Waals surface area contributed by atoms with E-state index in [0.29, 0.717) is 13.1 Å². The molecule has 0 aliphatic carbocycles. The molecule has 1 heterocycles. The Labute approximate surface area is 48.4 Å². The van der Waals surface area contributed by atoms with Crippen molar-refractivity contribution in [1.82, 2.24) is 15.9 Å². The average molecular weight is 117 g/mol. The smallest absolute Gasteiger partial charge is 0.0377 e. The van der Waals surface area contributed by atoms with Gasteiger partial charge in [-0.25, -0.2) is 0 Å². The minimum absolute atomic E-state index is 0.701. The van der Waals surface area contributed by atoms with Crippen molar-refractivity contribution in [3.05, 3.63) is 0 Å². The van der Waals surface area contributed by atoms with Gasteiger partial charge in [0.2, 0.25) is 0 Å². The summed E-state index contributed by atoms with van der Waals surface area (Å²) in [6, 6.07) is 0. The van der Waals surface area contributed by atoms with Crippen molar-refractivity contribution >= 4 is 0 Å². The molecule has 0 amide bonds. The molecule has 0 spiro atoms. The molecule has 0 atom stereocenters. The molecular formula is C4H11N3O. The number of rotatable bonds is 0. The Morgan fingerprint density at radius 1 is 1.12 bits per heavy atom. The highest BCUT2D eigenvalue weighted by atomic mass is 16.5. The van der Waals surface area contributed by atoms with Crippen LogP contribution in [0.4, 0.5) is 0 Å². The van der Waals surface area contributed by atoms with Crippen LogP contribution in [0, 0.1) is 0 Å². The molecule has 1 fully saturated rings. The minimum Gasteiger partial charge on any atom is -0.314 e. The summed E-state index contributed by atoms with van der Waals surface area (Å²) in [7, 11) is 0. The van der Waals surface area contributed by atoms with Crippen LogP contribution in [0.3, 0.4) is 0 Å². The molecule has 1 aliphatic heterocycles. The first-order valence-electron chi connectivity index (χ1n) is 2.79. The van der Waals surface area contributed by atoms with Gasteiger partial charge in [0.25, 0.3) is 0 Å². The van der Waals surface area contributed by atoms with Crippen LogP contribution in [0.25, 0.3) is 0 Å². The lowest BCUT2D eigenvalue weighted by Gasteiger charge is -2.07. The summed E-state index contributed by atoms with van der Waals surface area (Å²) in [5.41, 5.74) is 5.85. The molecule has 0 radical (unpaired) electrons. The van der Waals surface area contributed by atoms with E-state index in [1.807, 2.05) is 0 Å². The standard InChI is InChI=1S/C4H11N3O/c8-7-3-1-5-6-2-4-7/h5-6,8H,1-4H2. The van der Waals surface area contributed by atoms with Crippen molar-refractivity contribution in [2.45, 2.75) is 0 Å². The first-order valence-corrected chi connectivity index (χ1v) is 2.79. The molecule has 0 aromatic carbocycles. The van der Waals surface area contributed by atoms with E-state index in [0.717, 1.165) is 13.1 Å². The summed E-state index contributed by atoms with van der Waals surface area (Å²) in [6.45, 7) is 3.01. The van der Waals surface area contributed by atoms with Gasteiger partial charge in [-0.05, 0) is 0 Å². The zero-order valence-electron chi connectivity index (χ0n) is 4.72. The quantitative estimate of drug-likeness (QED) is 0.372.